The fourth-order valence-electron chi connectivity index (χ4n) is 2.19. The molecule has 0 spiro atoms. The predicted octanol–water partition coefficient (Wildman–Crippen LogP) is 1.18. The Balaban J connectivity index is 1.91. The van der Waals surface area contributed by atoms with Crippen molar-refractivity contribution in [1.82, 2.24) is 20.0 Å². The zero-order chi connectivity index (χ0) is 17.5. The maximum atomic E-state index is 12.0. The second kappa shape index (κ2) is 5.74. The average molecular weight is 352 g/mol. The van der Waals surface area contributed by atoms with Crippen LogP contribution in [-0.2, 0) is 17.1 Å². The minimum atomic E-state index is -3.37. The van der Waals surface area contributed by atoms with E-state index in [1.165, 1.54) is 4.68 Å². The van der Waals surface area contributed by atoms with E-state index in [0.717, 1.165) is 0 Å². The molecule has 24 heavy (non-hydrogen) atoms. The van der Waals surface area contributed by atoms with E-state index >= 15 is 0 Å². The lowest BCUT2D eigenvalue weighted by molar-refractivity contribution is 0.209. The fraction of sp³-hybridized carbons (Fsp3) is 0.385. The molecule has 3 rings (SSSR count). The Morgan fingerprint density at radius 1 is 1.38 bits per heavy atom. The minimum Gasteiger partial charge on any atom is -0.465 e. The highest BCUT2D eigenvalue weighted by molar-refractivity contribution is 7.93. The molecule has 2 heterocycles. The summed E-state index contributed by atoms with van der Waals surface area (Å²) >= 11 is 0. The number of anilines is 2. The van der Waals surface area contributed by atoms with Gasteiger partial charge in [-0.3, -0.25) is 10.0 Å². The van der Waals surface area contributed by atoms with Gasteiger partial charge in [-0.2, -0.15) is 0 Å². The molecule has 0 bridgehead atoms. The van der Waals surface area contributed by atoms with Crippen LogP contribution >= 0.6 is 0 Å². The van der Waals surface area contributed by atoms with Crippen LogP contribution in [0.3, 0.4) is 0 Å². The molecule has 0 atom stereocenters. The lowest BCUT2D eigenvalue weighted by atomic mass is 10.2. The van der Waals surface area contributed by atoms with Crippen LogP contribution in [0.4, 0.5) is 16.3 Å². The Hall–Kier alpha value is -2.69. The highest BCUT2D eigenvalue weighted by atomic mass is 32.2. The van der Waals surface area contributed by atoms with Gasteiger partial charge in [-0.1, -0.05) is 5.21 Å². The molecule has 3 N–H and O–H groups in total. The molecule has 1 amide bonds. The summed E-state index contributed by atoms with van der Waals surface area (Å²) in [5.41, 5.74) is 1.50. The molecule has 128 valence electrons. The summed E-state index contributed by atoms with van der Waals surface area (Å²) in [4.78, 5) is 15.2. The summed E-state index contributed by atoms with van der Waals surface area (Å²) in [5.74, 6) is 0.181. The molecular formula is C13H16N6O4S. The molecule has 0 aliphatic heterocycles. The lowest BCUT2D eigenvalue weighted by Crippen LogP contribution is -2.18. The molecule has 0 radical (unpaired) electrons. The Bertz CT molecular complexity index is 903. The smallest absolute Gasteiger partial charge is 0.410 e. The number of hydrogen-bond acceptors (Lipinski definition) is 6. The van der Waals surface area contributed by atoms with E-state index in [-0.39, 0.29) is 16.8 Å². The summed E-state index contributed by atoms with van der Waals surface area (Å²) in [6, 6.07) is 3.14. The predicted molar refractivity (Wildman–Crippen MR) is 86.2 cm³/mol. The van der Waals surface area contributed by atoms with E-state index in [1.54, 1.807) is 26.1 Å². The normalized spacial score (nSPS) is 14.4. The second-order valence-corrected chi connectivity index (χ2v) is 7.48. The van der Waals surface area contributed by atoms with Gasteiger partial charge in [-0.05, 0) is 31.9 Å². The number of aryl methyl sites for hydroxylation is 2. The average Bonchev–Trinajstić information content (AvgIpc) is 3.29. The highest BCUT2D eigenvalue weighted by Gasteiger charge is 2.36. The van der Waals surface area contributed by atoms with E-state index < -0.39 is 16.1 Å². The Morgan fingerprint density at radius 3 is 2.67 bits per heavy atom. The third-order valence-electron chi connectivity index (χ3n) is 3.60. The summed E-state index contributed by atoms with van der Waals surface area (Å²) in [5, 5.41) is 18.5. The fourth-order valence-corrected chi connectivity index (χ4v) is 3.63. The van der Waals surface area contributed by atoms with E-state index in [0.29, 0.717) is 29.9 Å². The topological polar surface area (TPSA) is 139 Å². The third kappa shape index (κ3) is 3.15. The van der Waals surface area contributed by atoms with Gasteiger partial charge in [0.05, 0.1) is 22.3 Å². The van der Waals surface area contributed by atoms with Crippen molar-refractivity contribution in [3.05, 3.63) is 17.8 Å². The third-order valence-corrected chi connectivity index (χ3v) is 5.45. The zero-order valence-electron chi connectivity index (χ0n) is 13.0. The molecule has 1 aliphatic carbocycles. The first-order valence-electron chi connectivity index (χ1n) is 7.17. The number of nitrogens with one attached hydrogen (secondary N) is 2. The SMILES string of the molecule is Cc1nc(-c2nnn(C)c2NC(=O)O)ccc1NS(=O)(=O)C1CC1. The van der Waals surface area contributed by atoms with Crippen LogP contribution in [0.25, 0.3) is 11.4 Å². The van der Waals surface area contributed by atoms with Crippen molar-refractivity contribution in [2.24, 2.45) is 7.05 Å². The number of hydrogen-bond donors (Lipinski definition) is 3. The Labute approximate surface area is 138 Å². The molecule has 0 saturated heterocycles. The van der Waals surface area contributed by atoms with Gasteiger partial charge < -0.3 is 5.11 Å². The lowest BCUT2D eigenvalue weighted by Gasteiger charge is -2.10. The van der Waals surface area contributed by atoms with E-state index in [4.69, 9.17) is 5.11 Å². The number of carboxylic acid groups (broad SMARTS) is 1. The van der Waals surface area contributed by atoms with Crippen LogP contribution in [0.2, 0.25) is 0 Å². The molecule has 0 aromatic carbocycles. The van der Waals surface area contributed by atoms with Crippen LogP contribution in [0.15, 0.2) is 12.1 Å². The number of rotatable bonds is 5. The van der Waals surface area contributed by atoms with Gasteiger partial charge in [-0.15, -0.1) is 5.10 Å². The monoisotopic (exact) mass is 352 g/mol. The van der Waals surface area contributed by atoms with Gasteiger partial charge in [-0.25, -0.2) is 22.9 Å². The molecule has 1 aliphatic rings. The molecule has 1 saturated carbocycles. The largest absolute Gasteiger partial charge is 0.465 e. The van der Waals surface area contributed by atoms with Crippen LogP contribution in [0, 0.1) is 6.92 Å². The van der Waals surface area contributed by atoms with Crippen molar-refractivity contribution in [2.45, 2.75) is 25.0 Å². The summed E-state index contributed by atoms with van der Waals surface area (Å²) in [6.07, 6.45) is 0.0974. The van der Waals surface area contributed by atoms with Crippen molar-refractivity contribution in [2.75, 3.05) is 10.0 Å². The Kier molecular flexibility index (Phi) is 3.87. The van der Waals surface area contributed by atoms with Crippen molar-refractivity contribution in [3.8, 4) is 11.4 Å². The van der Waals surface area contributed by atoms with E-state index in [1.807, 2.05) is 0 Å². The van der Waals surface area contributed by atoms with Gasteiger partial charge in [0, 0.05) is 7.05 Å². The van der Waals surface area contributed by atoms with Gasteiger partial charge >= 0.3 is 6.09 Å². The van der Waals surface area contributed by atoms with Crippen LogP contribution < -0.4 is 10.0 Å². The molecule has 10 nitrogen and oxygen atoms in total. The van der Waals surface area contributed by atoms with Gasteiger partial charge in [0.15, 0.2) is 11.5 Å². The first-order valence-corrected chi connectivity index (χ1v) is 8.72. The zero-order valence-corrected chi connectivity index (χ0v) is 13.8. The molecule has 11 heteroatoms. The quantitative estimate of drug-likeness (QED) is 0.734. The molecule has 2 aromatic rings. The second-order valence-electron chi connectivity index (χ2n) is 5.52. The number of sulfonamides is 1. The number of nitrogens with zero attached hydrogens (tertiary/aromatic N) is 4. The number of amides is 1. The molecular weight excluding hydrogens is 336 g/mol. The maximum absolute atomic E-state index is 12.0. The highest BCUT2D eigenvalue weighted by Crippen LogP contribution is 2.31. The van der Waals surface area contributed by atoms with Crippen molar-refractivity contribution in [1.29, 1.82) is 0 Å². The maximum Gasteiger partial charge on any atom is 0.410 e. The molecule has 2 aromatic heterocycles. The van der Waals surface area contributed by atoms with Crippen LogP contribution in [-0.4, -0.2) is 44.8 Å². The van der Waals surface area contributed by atoms with E-state index in [9.17, 15) is 13.2 Å². The van der Waals surface area contributed by atoms with Crippen molar-refractivity contribution in [3.63, 3.8) is 0 Å². The van der Waals surface area contributed by atoms with Crippen molar-refractivity contribution >= 4 is 27.6 Å². The Morgan fingerprint density at radius 2 is 2.08 bits per heavy atom. The van der Waals surface area contributed by atoms with Crippen LogP contribution in [0.1, 0.15) is 18.5 Å². The first-order chi connectivity index (χ1) is 11.3. The first kappa shape index (κ1) is 16.2. The molecule has 0 unspecified atom stereocenters. The number of pyridine rings is 1. The summed E-state index contributed by atoms with van der Waals surface area (Å²) < 4.78 is 27.8. The van der Waals surface area contributed by atoms with Gasteiger partial charge in [0.2, 0.25) is 10.0 Å². The van der Waals surface area contributed by atoms with Gasteiger partial charge in [0.25, 0.3) is 0 Å². The number of carbonyl (C=O) groups is 1. The summed E-state index contributed by atoms with van der Waals surface area (Å²) in [7, 11) is -1.82. The summed E-state index contributed by atoms with van der Waals surface area (Å²) in [6.45, 7) is 1.66. The van der Waals surface area contributed by atoms with E-state index in [2.05, 4.69) is 25.3 Å². The number of aromatic nitrogens is 4. The molecule has 1 fully saturated rings. The van der Waals surface area contributed by atoms with Crippen LogP contribution in [0.5, 0.6) is 0 Å². The minimum absolute atomic E-state index is 0.181. The van der Waals surface area contributed by atoms with Crippen molar-refractivity contribution < 1.29 is 18.3 Å². The standard InChI is InChI=1S/C13H16N6O4S/c1-7-9(17-24(22,23)8-3-4-8)5-6-10(14-7)11-12(15-13(20)21)19(2)18-16-11/h5-6,8,15,17H,3-4H2,1-2H3,(H,20,21). The van der Waals surface area contributed by atoms with Gasteiger partial charge in [0.1, 0.15) is 0 Å².